The summed E-state index contributed by atoms with van der Waals surface area (Å²) in [5.41, 5.74) is 1.82. The van der Waals surface area contributed by atoms with E-state index in [2.05, 4.69) is 17.2 Å². The molecule has 0 aliphatic carbocycles. The van der Waals surface area contributed by atoms with Crippen LogP contribution >= 0.6 is 11.6 Å². The van der Waals surface area contributed by atoms with E-state index < -0.39 is 0 Å². The highest BCUT2D eigenvalue weighted by molar-refractivity contribution is 6.30. The molecule has 2 aromatic rings. The largest absolute Gasteiger partial charge is 0.497 e. The lowest BCUT2D eigenvalue weighted by atomic mass is 10.1. The van der Waals surface area contributed by atoms with Gasteiger partial charge in [0.2, 0.25) is 0 Å². The van der Waals surface area contributed by atoms with Crippen LogP contribution in [0.5, 0.6) is 5.75 Å². The molecule has 0 bridgehead atoms. The number of nitrogens with one attached hydrogen (secondary N) is 1. The lowest BCUT2D eigenvalue weighted by Gasteiger charge is -2.02. The Bertz CT molecular complexity index is 716. The quantitative estimate of drug-likeness (QED) is 0.881. The second kappa shape index (κ2) is 8.11. The highest BCUT2D eigenvalue weighted by atomic mass is 35.5. The third-order valence-electron chi connectivity index (χ3n) is 2.98. The number of amides is 1. The zero-order valence-electron chi connectivity index (χ0n) is 12.2. The lowest BCUT2D eigenvalue weighted by molar-refractivity contribution is -0.115. The second-order valence-electron chi connectivity index (χ2n) is 4.62. The molecule has 0 spiro atoms. The van der Waals surface area contributed by atoms with Crippen molar-refractivity contribution < 1.29 is 9.53 Å². The van der Waals surface area contributed by atoms with Gasteiger partial charge in [0.25, 0.3) is 5.91 Å². The molecule has 3 nitrogen and oxygen atoms in total. The van der Waals surface area contributed by atoms with Gasteiger partial charge in [-0.05, 0) is 42.3 Å². The van der Waals surface area contributed by atoms with Crippen LogP contribution in [0, 0.1) is 11.8 Å². The monoisotopic (exact) mass is 313 g/mol. The number of carbonyl (C=O) groups is 1. The topological polar surface area (TPSA) is 38.3 Å². The highest BCUT2D eigenvalue weighted by Gasteiger charge is 1.98. The molecule has 0 aliphatic heterocycles. The third kappa shape index (κ3) is 5.16. The number of hydrogen-bond acceptors (Lipinski definition) is 2. The minimum absolute atomic E-state index is 0.301. The molecule has 0 radical (unpaired) electrons. The summed E-state index contributed by atoms with van der Waals surface area (Å²) < 4.78 is 5.11. The van der Waals surface area contributed by atoms with E-state index >= 15 is 0 Å². The first kappa shape index (κ1) is 15.9. The smallest absolute Gasteiger partial charge is 0.296 e. The minimum Gasteiger partial charge on any atom is -0.497 e. The van der Waals surface area contributed by atoms with Crippen molar-refractivity contribution in [3.63, 3.8) is 0 Å². The van der Waals surface area contributed by atoms with Crippen LogP contribution in [0.25, 0.3) is 0 Å². The zero-order chi connectivity index (χ0) is 15.8. The van der Waals surface area contributed by atoms with Gasteiger partial charge in [-0.3, -0.25) is 4.79 Å². The first-order chi connectivity index (χ1) is 10.7. The Morgan fingerprint density at radius 1 is 1.23 bits per heavy atom. The van der Waals surface area contributed by atoms with E-state index in [-0.39, 0.29) is 5.91 Å². The van der Waals surface area contributed by atoms with E-state index in [1.807, 2.05) is 42.5 Å². The maximum atomic E-state index is 11.7. The van der Waals surface area contributed by atoms with E-state index in [0.29, 0.717) is 23.7 Å². The Kier molecular flexibility index (Phi) is 5.88. The fourth-order valence-corrected chi connectivity index (χ4v) is 2.10. The van der Waals surface area contributed by atoms with E-state index in [4.69, 9.17) is 16.3 Å². The summed E-state index contributed by atoms with van der Waals surface area (Å²) >= 11 is 5.91. The molecular weight excluding hydrogens is 298 g/mol. The molecule has 0 unspecified atom stereocenters. The van der Waals surface area contributed by atoms with Crippen LogP contribution in [0.2, 0.25) is 5.02 Å². The molecule has 4 heteroatoms. The van der Waals surface area contributed by atoms with Crippen molar-refractivity contribution in [3.8, 4) is 17.6 Å². The van der Waals surface area contributed by atoms with Crippen molar-refractivity contribution in [2.45, 2.75) is 6.42 Å². The number of rotatable bonds is 4. The first-order valence-corrected chi connectivity index (χ1v) is 7.23. The van der Waals surface area contributed by atoms with E-state index in [1.54, 1.807) is 13.2 Å². The Balaban J connectivity index is 1.84. The van der Waals surface area contributed by atoms with Crippen molar-refractivity contribution in [1.29, 1.82) is 0 Å². The van der Waals surface area contributed by atoms with Gasteiger partial charge >= 0.3 is 0 Å². The number of carbonyl (C=O) groups excluding carboxylic acids is 1. The maximum absolute atomic E-state index is 11.7. The standard InChI is InChI=1S/C18H16ClNO2/c1-22-17-7-3-5-14(13-17)8-9-18(21)20-11-10-15-4-2-6-16(19)12-15/h2-7,12-13H,10-11H2,1H3,(H,20,21). The average Bonchev–Trinajstić information content (AvgIpc) is 2.53. The van der Waals surface area contributed by atoms with Gasteiger partial charge in [-0.1, -0.05) is 35.7 Å². The Labute approximate surface area is 135 Å². The summed E-state index contributed by atoms with van der Waals surface area (Å²) in [5, 5.41) is 3.46. The number of benzene rings is 2. The molecule has 2 rings (SSSR count). The Hall–Kier alpha value is -2.44. The van der Waals surface area contributed by atoms with Gasteiger partial charge in [0.05, 0.1) is 7.11 Å². The predicted octanol–water partition coefficient (Wildman–Crippen LogP) is 3.06. The van der Waals surface area contributed by atoms with Crippen LogP contribution < -0.4 is 10.1 Å². The first-order valence-electron chi connectivity index (χ1n) is 6.86. The fraction of sp³-hybridized carbons (Fsp3) is 0.167. The molecule has 0 aromatic heterocycles. The maximum Gasteiger partial charge on any atom is 0.296 e. The zero-order valence-corrected chi connectivity index (χ0v) is 13.0. The van der Waals surface area contributed by atoms with Crippen molar-refractivity contribution in [3.05, 3.63) is 64.7 Å². The summed E-state index contributed by atoms with van der Waals surface area (Å²) in [6.07, 6.45) is 0.715. The highest BCUT2D eigenvalue weighted by Crippen LogP contribution is 2.11. The SMILES string of the molecule is COc1cccc(C#CC(=O)NCCc2cccc(Cl)c2)c1. The van der Waals surface area contributed by atoms with E-state index in [1.165, 1.54) is 0 Å². The third-order valence-corrected chi connectivity index (χ3v) is 3.21. The van der Waals surface area contributed by atoms with Crippen molar-refractivity contribution >= 4 is 17.5 Å². The second-order valence-corrected chi connectivity index (χ2v) is 5.05. The fourth-order valence-electron chi connectivity index (χ4n) is 1.89. The summed E-state index contributed by atoms with van der Waals surface area (Å²) in [6, 6.07) is 14.8. The number of halogens is 1. The minimum atomic E-state index is -0.301. The molecule has 1 amide bonds. The van der Waals surface area contributed by atoms with Crippen LogP contribution in [-0.2, 0) is 11.2 Å². The van der Waals surface area contributed by atoms with Gasteiger partial charge in [-0.25, -0.2) is 0 Å². The molecule has 0 saturated heterocycles. The predicted molar refractivity (Wildman–Crippen MR) is 88.0 cm³/mol. The summed E-state index contributed by atoms with van der Waals surface area (Å²) in [4.78, 5) is 11.7. The van der Waals surface area contributed by atoms with Crippen LogP contribution in [0.3, 0.4) is 0 Å². The molecule has 0 atom stereocenters. The Morgan fingerprint density at radius 3 is 2.82 bits per heavy atom. The van der Waals surface area contributed by atoms with Gasteiger partial charge in [0.1, 0.15) is 5.75 Å². The van der Waals surface area contributed by atoms with Gasteiger partial charge < -0.3 is 10.1 Å². The normalized spacial score (nSPS) is 9.55. The average molecular weight is 314 g/mol. The summed E-state index contributed by atoms with van der Waals surface area (Å²) in [6.45, 7) is 0.520. The molecule has 0 fully saturated rings. The molecule has 0 heterocycles. The van der Waals surface area contributed by atoms with Gasteiger partial charge in [0, 0.05) is 23.1 Å². The van der Waals surface area contributed by atoms with Crippen molar-refractivity contribution in [1.82, 2.24) is 5.32 Å². The van der Waals surface area contributed by atoms with Gasteiger partial charge in [-0.15, -0.1) is 0 Å². The molecule has 112 valence electrons. The number of methoxy groups -OCH3 is 1. The van der Waals surface area contributed by atoms with E-state index in [0.717, 1.165) is 11.1 Å². The van der Waals surface area contributed by atoms with E-state index in [9.17, 15) is 4.79 Å². The number of ether oxygens (including phenoxy) is 1. The molecular formula is C18H16ClNO2. The van der Waals surface area contributed by atoms with Crippen LogP contribution in [0.4, 0.5) is 0 Å². The van der Waals surface area contributed by atoms with Gasteiger partial charge in [-0.2, -0.15) is 0 Å². The number of hydrogen-bond donors (Lipinski definition) is 1. The molecule has 2 aromatic carbocycles. The van der Waals surface area contributed by atoms with Crippen molar-refractivity contribution in [2.75, 3.05) is 13.7 Å². The summed E-state index contributed by atoms with van der Waals surface area (Å²) in [7, 11) is 1.59. The van der Waals surface area contributed by atoms with Gasteiger partial charge in [0.15, 0.2) is 0 Å². The van der Waals surface area contributed by atoms with Crippen LogP contribution in [0.1, 0.15) is 11.1 Å². The molecule has 0 saturated carbocycles. The molecule has 22 heavy (non-hydrogen) atoms. The molecule has 0 aliphatic rings. The summed E-state index contributed by atoms with van der Waals surface area (Å²) in [5.74, 6) is 5.79. The van der Waals surface area contributed by atoms with Crippen LogP contribution in [0.15, 0.2) is 48.5 Å². The Morgan fingerprint density at radius 2 is 2.05 bits per heavy atom. The molecule has 1 N–H and O–H groups in total. The van der Waals surface area contributed by atoms with Crippen molar-refractivity contribution in [2.24, 2.45) is 0 Å². The lowest BCUT2D eigenvalue weighted by Crippen LogP contribution is -2.23. The van der Waals surface area contributed by atoms with Crippen LogP contribution in [-0.4, -0.2) is 19.6 Å².